The molecule has 2 amide bonds. The fourth-order valence-corrected chi connectivity index (χ4v) is 4.35. The number of aromatic nitrogens is 1. The molecule has 0 bridgehead atoms. The van der Waals surface area contributed by atoms with Gasteiger partial charge < -0.3 is 4.42 Å². The van der Waals surface area contributed by atoms with Crippen molar-refractivity contribution in [3.8, 4) is 10.8 Å². The van der Waals surface area contributed by atoms with Gasteiger partial charge in [0.15, 0.2) is 0 Å². The summed E-state index contributed by atoms with van der Waals surface area (Å²) in [6.45, 7) is 0.217. The second kappa shape index (κ2) is 5.60. The van der Waals surface area contributed by atoms with E-state index in [-0.39, 0.29) is 18.4 Å². The minimum Gasteiger partial charge on any atom is -0.443 e. The minimum absolute atomic E-state index is 0.0112. The van der Waals surface area contributed by atoms with E-state index in [0.29, 0.717) is 18.0 Å². The highest BCUT2D eigenvalue weighted by Gasteiger charge is 2.51. The molecule has 0 atom stereocenters. The van der Waals surface area contributed by atoms with Gasteiger partial charge in [0.25, 0.3) is 0 Å². The van der Waals surface area contributed by atoms with Crippen LogP contribution in [0.5, 0.6) is 0 Å². The topological polar surface area (TPSA) is 63.4 Å². The first-order valence-electron chi connectivity index (χ1n) is 8.01. The Morgan fingerprint density at radius 2 is 2.09 bits per heavy atom. The molecular weight excluding hydrogens is 312 g/mol. The Kier molecular flexibility index (Phi) is 3.56. The molecule has 5 nitrogen and oxygen atoms in total. The fraction of sp³-hybridized carbons (Fsp3) is 0.471. The average molecular weight is 330 g/mol. The van der Waals surface area contributed by atoms with Gasteiger partial charge in [0.1, 0.15) is 6.26 Å². The number of oxazole rings is 1. The van der Waals surface area contributed by atoms with Gasteiger partial charge in [-0.15, -0.1) is 11.3 Å². The van der Waals surface area contributed by atoms with Crippen molar-refractivity contribution in [1.82, 2.24) is 9.88 Å². The van der Waals surface area contributed by atoms with E-state index < -0.39 is 5.41 Å². The summed E-state index contributed by atoms with van der Waals surface area (Å²) in [5.74, 6) is 0.460. The summed E-state index contributed by atoms with van der Waals surface area (Å²) in [4.78, 5) is 31.9. The molecule has 0 radical (unpaired) electrons. The van der Waals surface area contributed by atoms with Crippen molar-refractivity contribution in [2.24, 2.45) is 5.41 Å². The SMILES string of the molecule is O=C1CC2(CCCCC2)C(=O)N1Cc1coc(-c2cccs2)n1. The van der Waals surface area contributed by atoms with Gasteiger partial charge in [-0.3, -0.25) is 14.5 Å². The molecule has 6 heteroatoms. The van der Waals surface area contributed by atoms with Crippen LogP contribution in [0.25, 0.3) is 10.8 Å². The number of carbonyl (C=O) groups is 2. The van der Waals surface area contributed by atoms with Gasteiger partial charge in [-0.2, -0.15) is 0 Å². The summed E-state index contributed by atoms with van der Waals surface area (Å²) >= 11 is 1.55. The molecule has 1 saturated carbocycles. The third-order valence-electron chi connectivity index (χ3n) is 4.90. The summed E-state index contributed by atoms with van der Waals surface area (Å²) in [7, 11) is 0. The summed E-state index contributed by atoms with van der Waals surface area (Å²) in [5, 5.41) is 1.96. The third kappa shape index (κ3) is 2.51. The Morgan fingerprint density at radius 3 is 2.83 bits per heavy atom. The molecule has 0 aromatic carbocycles. The molecule has 0 N–H and O–H groups in total. The molecule has 0 unspecified atom stereocenters. The van der Waals surface area contributed by atoms with Crippen LogP contribution in [0, 0.1) is 5.41 Å². The number of likely N-dealkylation sites (tertiary alicyclic amines) is 1. The molecule has 1 spiro atoms. The van der Waals surface area contributed by atoms with Gasteiger partial charge in [0.05, 0.1) is 22.5 Å². The van der Waals surface area contributed by atoms with Gasteiger partial charge in [0.2, 0.25) is 17.7 Å². The third-order valence-corrected chi connectivity index (χ3v) is 5.76. The van der Waals surface area contributed by atoms with Gasteiger partial charge in [-0.1, -0.05) is 25.3 Å². The predicted octanol–water partition coefficient (Wildman–Crippen LogP) is 3.61. The van der Waals surface area contributed by atoms with Crippen LogP contribution < -0.4 is 0 Å². The standard InChI is InChI=1S/C17H18N2O3S/c20-14-9-17(6-2-1-3-7-17)16(21)19(14)10-12-11-22-15(18-12)13-5-4-8-23-13/h4-5,8,11H,1-3,6-7,9-10H2. The van der Waals surface area contributed by atoms with Crippen LogP contribution in [0.4, 0.5) is 0 Å². The lowest BCUT2D eigenvalue weighted by atomic mass is 9.73. The number of rotatable bonds is 3. The van der Waals surface area contributed by atoms with Crippen LogP contribution in [-0.2, 0) is 16.1 Å². The molecule has 1 aliphatic heterocycles. The fourth-order valence-electron chi connectivity index (χ4n) is 3.69. The van der Waals surface area contributed by atoms with E-state index >= 15 is 0 Å². The Balaban J connectivity index is 1.52. The maximum absolute atomic E-state index is 12.8. The quantitative estimate of drug-likeness (QED) is 0.807. The zero-order valence-corrected chi connectivity index (χ0v) is 13.6. The van der Waals surface area contributed by atoms with E-state index in [4.69, 9.17) is 4.42 Å². The summed E-state index contributed by atoms with van der Waals surface area (Å²) in [6, 6.07) is 3.87. The highest BCUT2D eigenvalue weighted by Crippen LogP contribution is 2.45. The summed E-state index contributed by atoms with van der Waals surface area (Å²) < 4.78 is 5.48. The van der Waals surface area contributed by atoms with Crippen molar-refractivity contribution in [3.63, 3.8) is 0 Å². The molecule has 1 saturated heterocycles. The van der Waals surface area contributed by atoms with Crippen molar-refractivity contribution in [3.05, 3.63) is 29.5 Å². The van der Waals surface area contributed by atoms with Gasteiger partial charge >= 0.3 is 0 Å². The lowest BCUT2D eigenvalue weighted by Gasteiger charge is -2.30. The first-order chi connectivity index (χ1) is 11.2. The molecule has 4 rings (SSSR count). The number of hydrogen-bond acceptors (Lipinski definition) is 5. The Labute approximate surface area is 138 Å². The van der Waals surface area contributed by atoms with E-state index in [9.17, 15) is 9.59 Å². The van der Waals surface area contributed by atoms with Crippen molar-refractivity contribution >= 4 is 23.2 Å². The van der Waals surface area contributed by atoms with Crippen LogP contribution in [0.3, 0.4) is 0 Å². The molecule has 2 aliphatic rings. The summed E-state index contributed by atoms with van der Waals surface area (Å²) in [5.41, 5.74) is 0.193. The first kappa shape index (κ1) is 14.6. The van der Waals surface area contributed by atoms with Gasteiger partial charge in [-0.05, 0) is 24.3 Å². The van der Waals surface area contributed by atoms with Crippen molar-refractivity contribution in [2.45, 2.75) is 45.1 Å². The Morgan fingerprint density at radius 1 is 1.26 bits per heavy atom. The average Bonchev–Trinajstić information content (AvgIpc) is 3.27. The van der Waals surface area contributed by atoms with E-state index in [1.807, 2.05) is 17.5 Å². The molecule has 2 aromatic heterocycles. The number of hydrogen-bond donors (Lipinski definition) is 0. The number of amides is 2. The van der Waals surface area contributed by atoms with Crippen molar-refractivity contribution in [2.75, 3.05) is 0 Å². The maximum atomic E-state index is 12.8. The molecular formula is C17H18N2O3S. The summed E-state index contributed by atoms with van der Waals surface area (Å²) in [6.07, 6.45) is 6.83. The highest BCUT2D eigenvalue weighted by atomic mass is 32.1. The zero-order chi connectivity index (χ0) is 15.9. The molecule has 2 aromatic rings. The Bertz CT molecular complexity index is 729. The largest absolute Gasteiger partial charge is 0.443 e. The maximum Gasteiger partial charge on any atom is 0.236 e. The van der Waals surface area contributed by atoms with Gasteiger partial charge in [-0.25, -0.2) is 4.98 Å². The molecule has 3 heterocycles. The predicted molar refractivity (Wildman–Crippen MR) is 85.5 cm³/mol. The number of carbonyl (C=O) groups excluding carboxylic acids is 2. The second-order valence-corrected chi connectivity index (χ2v) is 7.37. The van der Waals surface area contributed by atoms with Crippen LogP contribution in [0.1, 0.15) is 44.2 Å². The second-order valence-electron chi connectivity index (χ2n) is 6.42. The first-order valence-corrected chi connectivity index (χ1v) is 8.89. The Hall–Kier alpha value is -1.95. The van der Waals surface area contributed by atoms with E-state index in [0.717, 1.165) is 37.0 Å². The lowest BCUT2D eigenvalue weighted by Crippen LogP contribution is -2.36. The van der Waals surface area contributed by atoms with Crippen LogP contribution >= 0.6 is 11.3 Å². The van der Waals surface area contributed by atoms with E-state index in [2.05, 4.69) is 4.98 Å². The number of thiophene rings is 1. The highest BCUT2D eigenvalue weighted by molar-refractivity contribution is 7.13. The molecule has 1 aliphatic carbocycles. The molecule has 2 fully saturated rings. The normalized spacial score (nSPS) is 20.6. The van der Waals surface area contributed by atoms with E-state index in [1.165, 1.54) is 4.90 Å². The van der Waals surface area contributed by atoms with Crippen LogP contribution in [0.15, 0.2) is 28.2 Å². The lowest BCUT2D eigenvalue weighted by molar-refractivity contribution is -0.143. The van der Waals surface area contributed by atoms with Crippen molar-refractivity contribution < 1.29 is 14.0 Å². The van der Waals surface area contributed by atoms with Crippen molar-refractivity contribution in [1.29, 1.82) is 0 Å². The van der Waals surface area contributed by atoms with E-state index in [1.54, 1.807) is 17.6 Å². The monoisotopic (exact) mass is 330 g/mol. The smallest absolute Gasteiger partial charge is 0.236 e. The molecule has 23 heavy (non-hydrogen) atoms. The van der Waals surface area contributed by atoms with Gasteiger partial charge in [0, 0.05) is 6.42 Å². The van der Waals surface area contributed by atoms with Crippen LogP contribution in [-0.4, -0.2) is 21.7 Å². The van der Waals surface area contributed by atoms with Crippen LogP contribution in [0.2, 0.25) is 0 Å². The number of imide groups is 1. The zero-order valence-electron chi connectivity index (χ0n) is 12.8. The number of nitrogens with zero attached hydrogens (tertiary/aromatic N) is 2. The minimum atomic E-state index is -0.435. The molecule has 120 valence electrons.